The van der Waals surface area contributed by atoms with E-state index < -0.39 is 0 Å². The van der Waals surface area contributed by atoms with Gasteiger partial charge in [-0.15, -0.1) is 0 Å². The SMILES string of the molecule is C[C@H](Nc1cncc(-c2c[nH]c3ncc(Cl)nc23)c1)c1ccccc1. The first-order valence-corrected chi connectivity index (χ1v) is 8.35. The van der Waals surface area contributed by atoms with E-state index >= 15 is 0 Å². The van der Waals surface area contributed by atoms with Crippen LogP contribution in [-0.2, 0) is 0 Å². The lowest BCUT2D eigenvalue weighted by atomic mass is 10.1. The molecular formula is C19H16ClN5. The Bertz CT molecular complexity index is 1010. The Morgan fingerprint density at radius 1 is 1.12 bits per heavy atom. The Kier molecular flexibility index (Phi) is 4.07. The number of anilines is 1. The van der Waals surface area contributed by atoms with E-state index in [9.17, 15) is 0 Å². The van der Waals surface area contributed by atoms with E-state index in [-0.39, 0.29) is 6.04 Å². The molecule has 0 saturated heterocycles. The summed E-state index contributed by atoms with van der Waals surface area (Å²) in [7, 11) is 0. The van der Waals surface area contributed by atoms with Crippen molar-refractivity contribution in [3.05, 3.63) is 71.9 Å². The second-order valence-corrected chi connectivity index (χ2v) is 6.22. The summed E-state index contributed by atoms with van der Waals surface area (Å²) in [5.74, 6) is 0. The van der Waals surface area contributed by atoms with Crippen LogP contribution in [0.2, 0.25) is 5.15 Å². The Labute approximate surface area is 150 Å². The van der Waals surface area contributed by atoms with Gasteiger partial charge in [-0.25, -0.2) is 9.97 Å². The van der Waals surface area contributed by atoms with Gasteiger partial charge in [-0.05, 0) is 18.6 Å². The van der Waals surface area contributed by atoms with Gasteiger partial charge in [-0.2, -0.15) is 0 Å². The van der Waals surface area contributed by atoms with Crippen molar-refractivity contribution in [2.45, 2.75) is 13.0 Å². The zero-order valence-corrected chi connectivity index (χ0v) is 14.3. The molecule has 124 valence electrons. The predicted octanol–water partition coefficient (Wildman–Crippen LogP) is 4.85. The molecule has 0 unspecified atom stereocenters. The van der Waals surface area contributed by atoms with Gasteiger partial charge < -0.3 is 10.3 Å². The molecule has 4 rings (SSSR count). The first-order valence-electron chi connectivity index (χ1n) is 7.97. The smallest absolute Gasteiger partial charge is 0.156 e. The first-order chi connectivity index (χ1) is 12.2. The highest BCUT2D eigenvalue weighted by Gasteiger charge is 2.11. The highest BCUT2D eigenvalue weighted by atomic mass is 35.5. The number of pyridine rings is 1. The van der Waals surface area contributed by atoms with Gasteiger partial charge in [0.1, 0.15) is 10.7 Å². The van der Waals surface area contributed by atoms with Gasteiger partial charge in [-0.1, -0.05) is 41.9 Å². The molecule has 6 heteroatoms. The van der Waals surface area contributed by atoms with Crippen molar-refractivity contribution in [2.24, 2.45) is 0 Å². The Hall–Kier alpha value is -2.92. The summed E-state index contributed by atoms with van der Waals surface area (Å²) in [5.41, 5.74) is 5.48. The molecule has 0 spiro atoms. The van der Waals surface area contributed by atoms with Crippen molar-refractivity contribution in [2.75, 3.05) is 5.32 Å². The van der Waals surface area contributed by atoms with Crippen LogP contribution in [-0.4, -0.2) is 19.9 Å². The van der Waals surface area contributed by atoms with Crippen LogP contribution in [0, 0.1) is 0 Å². The second-order valence-electron chi connectivity index (χ2n) is 5.83. The van der Waals surface area contributed by atoms with Crippen molar-refractivity contribution in [1.82, 2.24) is 19.9 Å². The lowest BCUT2D eigenvalue weighted by Crippen LogP contribution is -2.06. The molecule has 0 aliphatic rings. The molecule has 1 atom stereocenters. The van der Waals surface area contributed by atoms with Gasteiger partial charge >= 0.3 is 0 Å². The maximum absolute atomic E-state index is 5.99. The van der Waals surface area contributed by atoms with Crippen molar-refractivity contribution in [3.8, 4) is 11.1 Å². The van der Waals surface area contributed by atoms with Gasteiger partial charge in [0.15, 0.2) is 5.65 Å². The minimum atomic E-state index is 0.176. The monoisotopic (exact) mass is 349 g/mol. The third-order valence-corrected chi connectivity index (χ3v) is 4.27. The van der Waals surface area contributed by atoms with Crippen LogP contribution < -0.4 is 5.32 Å². The van der Waals surface area contributed by atoms with Crippen molar-refractivity contribution < 1.29 is 0 Å². The third-order valence-electron chi connectivity index (χ3n) is 4.08. The first kappa shape index (κ1) is 15.6. The molecule has 0 bridgehead atoms. The molecule has 5 nitrogen and oxygen atoms in total. The Morgan fingerprint density at radius 3 is 2.80 bits per heavy atom. The molecular weight excluding hydrogens is 334 g/mol. The maximum atomic E-state index is 5.99. The van der Waals surface area contributed by atoms with E-state index in [1.54, 1.807) is 0 Å². The van der Waals surface area contributed by atoms with Gasteiger partial charge in [0.05, 0.1) is 11.9 Å². The zero-order valence-electron chi connectivity index (χ0n) is 13.6. The van der Waals surface area contributed by atoms with E-state index in [1.807, 2.05) is 36.8 Å². The minimum absolute atomic E-state index is 0.176. The lowest BCUT2D eigenvalue weighted by molar-refractivity contribution is 0.883. The predicted molar refractivity (Wildman–Crippen MR) is 101 cm³/mol. The molecule has 3 heterocycles. The standard InChI is InChI=1S/C19H16ClN5/c1-12(13-5-3-2-4-6-13)24-15-7-14(8-21-9-15)16-10-22-19-18(16)25-17(20)11-23-19/h2-12,24H,1H3,(H,22,23)/t12-/m0/s1. The summed E-state index contributed by atoms with van der Waals surface area (Å²) in [6.07, 6.45) is 7.03. The highest BCUT2D eigenvalue weighted by molar-refractivity contribution is 6.29. The molecule has 3 aromatic heterocycles. The summed E-state index contributed by atoms with van der Waals surface area (Å²) >= 11 is 5.99. The number of rotatable bonds is 4. The van der Waals surface area contributed by atoms with Crippen LogP contribution in [0.25, 0.3) is 22.3 Å². The maximum Gasteiger partial charge on any atom is 0.156 e. The summed E-state index contributed by atoms with van der Waals surface area (Å²) in [5, 5.41) is 3.85. The molecule has 2 N–H and O–H groups in total. The molecule has 0 amide bonds. The van der Waals surface area contributed by atoms with Gasteiger partial charge in [0.25, 0.3) is 0 Å². The molecule has 0 fully saturated rings. The summed E-state index contributed by atoms with van der Waals surface area (Å²) in [6, 6.07) is 12.5. The Morgan fingerprint density at radius 2 is 1.96 bits per heavy atom. The van der Waals surface area contributed by atoms with Crippen LogP contribution in [0.1, 0.15) is 18.5 Å². The molecule has 0 aliphatic heterocycles. The number of hydrogen-bond acceptors (Lipinski definition) is 4. The van der Waals surface area contributed by atoms with Crippen LogP contribution in [0.3, 0.4) is 0 Å². The van der Waals surface area contributed by atoms with E-state index in [0.717, 1.165) is 22.3 Å². The van der Waals surface area contributed by atoms with Gasteiger partial charge in [0, 0.05) is 35.8 Å². The highest BCUT2D eigenvalue weighted by Crippen LogP contribution is 2.29. The van der Waals surface area contributed by atoms with Crippen molar-refractivity contribution >= 4 is 28.5 Å². The zero-order chi connectivity index (χ0) is 17.2. The van der Waals surface area contributed by atoms with Crippen LogP contribution >= 0.6 is 11.6 Å². The topological polar surface area (TPSA) is 66.5 Å². The number of benzene rings is 1. The van der Waals surface area contributed by atoms with E-state index in [0.29, 0.717) is 10.8 Å². The minimum Gasteiger partial charge on any atom is -0.377 e. The van der Waals surface area contributed by atoms with Crippen molar-refractivity contribution in [3.63, 3.8) is 0 Å². The summed E-state index contributed by atoms with van der Waals surface area (Å²) < 4.78 is 0. The van der Waals surface area contributed by atoms with E-state index in [1.165, 1.54) is 11.8 Å². The second kappa shape index (κ2) is 6.53. The average Bonchev–Trinajstić information content (AvgIpc) is 3.05. The summed E-state index contributed by atoms with van der Waals surface area (Å²) in [6.45, 7) is 2.12. The number of aromatic amines is 1. The summed E-state index contributed by atoms with van der Waals surface area (Å²) in [4.78, 5) is 16.1. The molecule has 0 aliphatic carbocycles. The normalized spacial score (nSPS) is 12.2. The largest absolute Gasteiger partial charge is 0.377 e. The molecule has 0 saturated carbocycles. The fraction of sp³-hybridized carbons (Fsp3) is 0.105. The van der Waals surface area contributed by atoms with Gasteiger partial charge in [-0.3, -0.25) is 4.98 Å². The van der Waals surface area contributed by atoms with E-state index in [2.05, 4.69) is 50.4 Å². The molecule has 4 aromatic rings. The number of nitrogens with zero attached hydrogens (tertiary/aromatic N) is 3. The number of nitrogens with one attached hydrogen (secondary N) is 2. The average molecular weight is 350 g/mol. The fourth-order valence-electron chi connectivity index (χ4n) is 2.83. The number of fused-ring (bicyclic) bond motifs is 1. The fourth-order valence-corrected chi connectivity index (χ4v) is 2.96. The quantitative estimate of drug-likeness (QED) is 0.553. The van der Waals surface area contributed by atoms with Crippen LogP contribution in [0.4, 0.5) is 5.69 Å². The van der Waals surface area contributed by atoms with E-state index in [4.69, 9.17) is 11.6 Å². The van der Waals surface area contributed by atoms with Crippen molar-refractivity contribution in [1.29, 1.82) is 0 Å². The molecule has 25 heavy (non-hydrogen) atoms. The number of aromatic nitrogens is 4. The molecule has 0 radical (unpaired) electrons. The molecule has 1 aromatic carbocycles. The lowest BCUT2D eigenvalue weighted by Gasteiger charge is -2.16. The third kappa shape index (κ3) is 3.19. The van der Waals surface area contributed by atoms with Crippen LogP contribution in [0.15, 0.2) is 61.2 Å². The number of H-pyrrole nitrogens is 1. The number of hydrogen-bond donors (Lipinski definition) is 2. The van der Waals surface area contributed by atoms with Gasteiger partial charge in [0.2, 0.25) is 0 Å². The Balaban J connectivity index is 1.66. The number of halogens is 1. The van der Waals surface area contributed by atoms with Crippen LogP contribution in [0.5, 0.6) is 0 Å².